The molecule has 3 rings (SSSR count). The number of anilines is 1. The van der Waals surface area contributed by atoms with Gasteiger partial charge in [-0.05, 0) is 42.0 Å². The predicted octanol–water partition coefficient (Wildman–Crippen LogP) is 4.13. The van der Waals surface area contributed by atoms with E-state index >= 15 is 0 Å². The Hall–Kier alpha value is -1.76. The quantitative estimate of drug-likeness (QED) is 0.805. The Morgan fingerprint density at radius 3 is 2.48 bits per heavy atom. The van der Waals surface area contributed by atoms with Crippen molar-refractivity contribution in [2.24, 2.45) is 0 Å². The van der Waals surface area contributed by atoms with E-state index in [1.165, 1.54) is 18.2 Å². The molecule has 1 saturated heterocycles. The summed E-state index contributed by atoms with van der Waals surface area (Å²) in [7, 11) is 0. The van der Waals surface area contributed by atoms with Crippen molar-refractivity contribution in [3.8, 4) is 0 Å². The van der Waals surface area contributed by atoms with E-state index in [4.69, 9.17) is 23.8 Å². The first-order valence-electron chi connectivity index (χ1n) is 7.99. The van der Waals surface area contributed by atoms with Crippen LogP contribution in [0.3, 0.4) is 0 Å². The molecule has 0 aliphatic carbocycles. The van der Waals surface area contributed by atoms with Gasteiger partial charge in [0, 0.05) is 37.7 Å². The molecule has 0 aromatic heterocycles. The highest BCUT2D eigenvalue weighted by Crippen LogP contribution is 2.20. The lowest BCUT2D eigenvalue weighted by molar-refractivity contribution is 0.177. The second-order valence-electron chi connectivity index (χ2n) is 5.91. The van der Waals surface area contributed by atoms with Crippen LogP contribution in [-0.4, -0.2) is 41.1 Å². The summed E-state index contributed by atoms with van der Waals surface area (Å²) < 4.78 is 26.8. The number of halogens is 3. The Morgan fingerprint density at radius 2 is 1.80 bits per heavy atom. The molecule has 3 nitrogen and oxygen atoms in total. The highest BCUT2D eigenvalue weighted by Gasteiger charge is 2.20. The van der Waals surface area contributed by atoms with E-state index in [2.05, 4.69) is 10.2 Å². The maximum absolute atomic E-state index is 13.7. The number of piperazine rings is 1. The molecule has 1 N–H and O–H groups in total. The van der Waals surface area contributed by atoms with Crippen molar-refractivity contribution in [1.29, 1.82) is 0 Å². The standard InChI is InChI=1S/C18H18ClF2N3S/c19-15-11-14(20)6-5-13(15)12-23-7-9-24(10-8-23)18(25)22-17-4-2-1-3-16(17)21/h1-6,11H,7-10,12H2,(H,22,25). The monoisotopic (exact) mass is 381 g/mol. The largest absolute Gasteiger partial charge is 0.346 e. The molecule has 0 spiro atoms. The Kier molecular flexibility index (Phi) is 5.83. The van der Waals surface area contributed by atoms with Crippen LogP contribution < -0.4 is 5.32 Å². The number of nitrogens with one attached hydrogen (secondary N) is 1. The summed E-state index contributed by atoms with van der Waals surface area (Å²) in [5.41, 5.74) is 1.29. The molecule has 1 fully saturated rings. The molecule has 0 radical (unpaired) electrons. The molecule has 0 saturated carbocycles. The third kappa shape index (κ3) is 4.66. The summed E-state index contributed by atoms with van der Waals surface area (Å²) in [6, 6.07) is 10.9. The van der Waals surface area contributed by atoms with Gasteiger partial charge >= 0.3 is 0 Å². The molecule has 0 atom stereocenters. The van der Waals surface area contributed by atoms with E-state index in [-0.39, 0.29) is 11.6 Å². The van der Waals surface area contributed by atoms with E-state index < -0.39 is 0 Å². The van der Waals surface area contributed by atoms with Crippen LogP contribution >= 0.6 is 23.8 Å². The highest BCUT2D eigenvalue weighted by atomic mass is 35.5. The average Bonchev–Trinajstić information content (AvgIpc) is 2.60. The topological polar surface area (TPSA) is 18.5 Å². The van der Waals surface area contributed by atoms with Gasteiger partial charge in [-0.25, -0.2) is 8.78 Å². The number of hydrogen-bond acceptors (Lipinski definition) is 2. The molecule has 2 aromatic carbocycles. The average molecular weight is 382 g/mol. The minimum Gasteiger partial charge on any atom is -0.346 e. The normalized spacial score (nSPS) is 15.2. The molecule has 7 heteroatoms. The number of benzene rings is 2. The maximum atomic E-state index is 13.7. The fourth-order valence-electron chi connectivity index (χ4n) is 2.76. The minimum absolute atomic E-state index is 0.325. The van der Waals surface area contributed by atoms with Gasteiger partial charge in [-0.3, -0.25) is 4.90 Å². The molecule has 1 aliphatic rings. The fraction of sp³-hybridized carbons (Fsp3) is 0.278. The number of hydrogen-bond donors (Lipinski definition) is 1. The molecule has 0 unspecified atom stereocenters. The van der Waals surface area contributed by atoms with Gasteiger partial charge in [0.2, 0.25) is 0 Å². The van der Waals surface area contributed by atoms with Crippen molar-refractivity contribution in [3.63, 3.8) is 0 Å². The van der Waals surface area contributed by atoms with Crippen molar-refractivity contribution in [1.82, 2.24) is 9.80 Å². The fourth-order valence-corrected chi connectivity index (χ4v) is 3.28. The molecule has 25 heavy (non-hydrogen) atoms. The zero-order chi connectivity index (χ0) is 17.8. The van der Waals surface area contributed by atoms with Crippen molar-refractivity contribution < 1.29 is 8.78 Å². The highest BCUT2D eigenvalue weighted by molar-refractivity contribution is 7.80. The third-order valence-corrected chi connectivity index (χ3v) is 4.90. The first-order valence-corrected chi connectivity index (χ1v) is 8.78. The SMILES string of the molecule is Fc1ccc(CN2CCN(C(=S)Nc3ccccc3F)CC2)c(Cl)c1. The smallest absolute Gasteiger partial charge is 0.173 e. The zero-order valence-corrected chi connectivity index (χ0v) is 15.1. The Labute approximate surface area is 156 Å². The van der Waals surface area contributed by atoms with Crippen LogP contribution in [0.25, 0.3) is 0 Å². The van der Waals surface area contributed by atoms with Gasteiger partial charge in [-0.2, -0.15) is 0 Å². The Bertz CT molecular complexity index is 764. The molecular formula is C18H18ClF2N3S. The Balaban J connectivity index is 1.53. The van der Waals surface area contributed by atoms with Crippen molar-refractivity contribution >= 4 is 34.6 Å². The van der Waals surface area contributed by atoms with Crippen molar-refractivity contribution in [2.75, 3.05) is 31.5 Å². The van der Waals surface area contributed by atoms with Gasteiger partial charge in [-0.1, -0.05) is 29.8 Å². The summed E-state index contributed by atoms with van der Waals surface area (Å²) in [5, 5.41) is 3.92. The van der Waals surface area contributed by atoms with E-state index in [9.17, 15) is 8.78 Å². The molecule has 0 amide bonds. The van der Waals surface area contributed by atoms with Crippen molar-refractivity contribution in [3.05, 3.63) is 64.7 Å². The van der Waals surface area contributed by atoms with Crippen LogP contribution in [-0.2, 0) is 6.54 Å². The Morgan fingerprint density at radius 1 is 1.08 bits per heavy atom. The lowest BCUT2D eigenvalue weighted by Gasteiger charge is -2.36. The van der Waals surface area contributed by atoms with Crippen LogP contribution in [0.4, 0.5) is 14.5 Å². The van der Waals surface area contributed by atoms with Gasteiger partial charge in [0.1, 0.15) is 11.6 Å². The van der Waals surface area contributed by atoms with Crippen LogP contribution in [0.2, 0.25) is 5.02 Å². The van der Waals surface area contributed by atoms with Crippen molar-refractivity contribution in [2.45, 2.75) is 6.54 Å². The molecule has 132 valence electrons. The van der Waals surface area contributed by atoms with E-state index in [0.717, 1.165) is 31.7 Å². The molecule has 1 aliphatic heterocycles. The second kappa shape index (κ2) is 8.08. The maximum Gasteiger partial charge on any atom is 0.173 e. The van der Waals surface area contributed by atoms with E-state index in [1.54, 1.807) is 24.3 Å². The van der Waals surface area contributed by atoms with E-state index in [1.807, 2.05) is 4.90 Å². The van der Waals surface area contributed by atoms with E-state index in [0.29, 0.717) is 22.4 Å². The van der Waals surface area contributed by atoms with Gasteiger partial charge in [0.05, 0.1) is 5.69 Å². The number of rotatable bonds is 3. The second-order valence-corrected chi connectivity index (χ2v) is 6.70. The third-order valence-electron chi connectivity index (χ3n) is 4.18. The lowest BCUT2D eigenvalue weighted by atomic mass is 10.2. The zero-order valence-electron chi connectivity index (χ0n) is 13.5. The van der Waals surface area contributed by atoms with Gasteiger partial charge in [0.25, 0.3) is 0 Å². The minimum atomic E-state index is -0.330. The predicted molar refractivity (Wildman–Crippen MR) is 101 cm³/mol. The number of para-hydroxylation sites is 1. The number of thiocarbonyl (C=S) groups is 1. The van der Waals surface area contributed by atoms with Crippen LogP contribution in [0.5, 0.6) is 0 Å². The summed E-state index contributed by atoms with van der Waals surface area (Å²) in [6.45, 7) is 3.73. The van der Waals surface area contributed by atoms with Crippen LogP contribution in [0.15, 0.2) is 42.5 Å². The van der Waals surface area contributed by atoms with Crippen LogP contribution in [0.1, 0.15) is 5.56 Å². The summed E-state index contributed by atoms with van der Waals surface area (Å²) in [6.07, 6.45) is 0. The summed E-state index contributed by atoms with van der Waals surface area (Å²) >= 11 is 11.5. The van der Waals surface area contributed by atoms with Gasteiger partial charge in [0.15, 0.2) is 5.11 Å². The molecular weight excluding hydrogens is 364 g/mol. The van der Waals surface area contributed by atoms with Crippen LogP contribution in [0, 0.1) is 11.6 Å². The summed E-state index contributed by atoms with van der Waals surface area (Å²) in [4.78, 5) is 4.26. The lowest BCUT2D eigenvalue weighted by Crippen LogP contribution is -2.49. The molecule has 1 heterocycles. The van der Waals surface area contributed by atoms with Gasteiger partial charge < -0.3 is 10.2 Å². The first kappa shape index (κ1) is 18.0. The summed E-state index contributed by atoms with van der Waals surface area (Å²) in [5.74, 6) is -0.655. The van der Waals surface area contributed by atoms with Gasteiger partial charge in [-0.15, -0.1) is 0 Å². The number of nitrogens with zero attached hydrogens (tertiary/aromatic N) is 2. The molecule has 0 bridgehead atoms. The first-order chi connectivity index (χ1) is 12.0. The molecule has 2 aromatic rings.